The number of carbonyl (C=O) groups is 1. The van der Waals surface area contributed by atoms with Gasteiger partial charge in [0.25, 0.3) is 0 Å². The highest BCUT2D eigenvalue weighted by Gasteiger charge is 2.33. The fourth-order valence-electron chi connectivity index (χ4n) is 3.29. The zero-order valence-electron chi connectivity index (χ0n) is 17.2. The Morgan fingerprint density at radius 2 is 1.48 bits per heavy atom. The van der Waals surface area contributed by atoms with Gasteiger partial charge in [-0.1, -0.05) is 24.3 Å². The number of nitrogen functional groups attached to an aromatic ring is 1. The number of carbonyl (C=O) groups excluding carboxylic acids is 1. The van der Waals surface area contributed by atoms with Crippen LogP contribution in [0.4, 0.5) is 10.6 Å². The third kappa shape index (κ3) is 3.97. The summed E-state index contributed by atoms with van der Waals surface area (Å²) in [4.78, 5) is 22.1. The van der Waals surface area contributed by atoms with E-state index in [1.165, 1.54) is 4.90 Å². The van der Waals surface area contributed by atoms with Crippen LogP contribution in [0.5, 0.6) is 11.5 Å². The lowest BCUT2D eigenvalue weighted by Crippen LogP contribution is -2.32. The van der Waals surface area contributed by atoms with Crippen molar-refractivity contribution < 1.29 is 14.3 Å². The van der Waals surface area contributed by atoms with Crippen LogP contribution < -0.4 is 15.2 Å². The van der Waals surface area contributed by atoms with E-state index in [1.54, 1.807) is 37.2 Å². The number of hydrogen-bond acceptors (Lipinski definition) is 6. The molecule has 1 aliphatic rings. The van der Waals surface area contributed by atoms with Gasteiger partial charge < -0.3 is 19.8 Å². The molecule has 2 amide bonds. The van der Waals surface area contributed by atoms with Gasteiger partial charge in [-0.05, 0) is 35.4 Å². The Hall–Kier alpha value is -4.14. The molecule has 9 nitrogen and oxygen atoms in total. The predicted octanol–water partition coefficient (Wildman–Crippen LogP) is 2.93. The average molecular weight is 418 g/mol. The van der Waals surface area contributed by atoms with Crippen molar-refractivity contribution in [3.8, 4) is 11.5 Å². The summed E-state index contributed by atoms with van der Waals surface area (Å²) in [6.07, 6.45) is 1.58. The van der Waals surface area contributed by atoms with Crippen molar-refractivity contribution in [1.29, 1.82) is 5.41 Å². The number of hydrogen-bond donors (Lipinski definition) is 2. The second-order valence-electron chi connectivity index (χ2n) is 6.98. The second-order valence-corrected chi connectivity index (χ2v) is 6.98. The van der Waals surface area contributed by atoms with Crippen LogP contribution in [0.3, 0.4) is 0 Å². The number of amidine groups is 1. The number of ether oxygens (including phenoxy) is 2. The van der Waals surface area contributed by atoms with E-state index in [-0.39, 0.29) is 18.1 Å². The number of nitrogens with zero attached hydrogens (tertiary/aromatic N) is 4. The van der Waals surface area contributed by atoms with E-state index in [1.807, 2.05) is 36.4 Å². The van der Waals surface area contributed by atoms with Crippen molar-refractivity contribution in [3.05, 3.63) is 71.7 Å². The number of nitrogens with one attached hydrogen (secondary N) is 1. The Morgan fingerprint density at radius 3 is 2.03 bits per heavy atom. The lowest BCUT2D eigenvalue weighted by Gasteiger charge is -2.15. The number of amides is 2. The molecule has 3 aromatic rings. The summed E-state index contributed by atoms with van der Waals surface area (Å²) in [5.74, 6) is 1.81. The van der Waals surface area contributed by atoms with Gasteiger partial charge in [-0.3, -0.25) is 10.3 Å². The first-order chi connectivity index (χ1) is 15.0. The molecule has 2 aromatic carbocycles. The van der Waals surface area contributed by atoms with Crippen molar-refractivity contribution in [2.75, 3.05) is 20.0 Å². The Labute approximate surface area is 179 Å². The summed E-state index contributed by atoms with van der Waals surface area (Å²) in [7, 11) is 3.21. The Balaban J connectivity index is 1.51. The molecule has 0 fully saturated rings. The third-order valence-electron chi connectivity index (χ3n) is 5.05. The molecule has 0 atom stereocenters. The molecule has 0 unspecified atom stereocenters. The molecule has 0 aliphatic carbocycles. The SMILES string of the molecule is COc1ccc(CN2C(=N)C(c3ncn(Cc4ccc(OC)cc4)c3N)=NC2=O)cc1. The fourth-order valence-corrected chi connectivity index (χ4v) is 3.29. The number of rotatable bonds is 7. The van der Waals surface area contributed by atoms with Gasteiger partial charge in [0.15, 0.2) is 5.84 Å². The van der Waals surface area contributed by atoms with Crippen LogP contribution in [0.2, 0.25) is 0 Å². The molecule has 1 aliphatic heterocycles. The second kappa shape index (κ2) is 8.31. The van der Waals surface area contributed by atoms with Crippen LogP contribution in [0.15, 0.2) is 59.9 Å². The third-order valence-corrected chi connectivity index (χ3v) is 5.05. The lowest BCUT2D eigenvalue weighted by atomic mass is 10.2. The number of aromatic nitrogens is 2. The highest BCUT2D eigenvalue weighted by atomic mass is 16.5. The van der Waals surface area contributed by atoms with Gasteiger partial charge in [0.2, 0.25) is 0 Å². The molecule has 0 saturated heterocycles. The van der Waals surface area contributed by atoms with Gasteiger partial charge in [-0.25, -0.2) is 9.78 Å². The van der Waals surface area contributed by atoms with Crippen molar-refractivity contribution in [3.63, 3.8) is 0 Å². The van der Waals surface area contributed by atoms with E-state index in [4.69, 9.17) is 20.6 Å². The van der Waals surface area contributed by atoms with Crippen molar-refractivity contribution in [2.45, 2.75) is 13.1 Å². The number of aliphatic imine (C=N–C) groups is 1. The molecule has 0 spiro atoms. The Kier molecular flexibility index (Phi) is 5.40. The van der Waals surface area contributed by atoms with Crippen LogP contribution in [-0.4, -0.2) is 46.2 Å². The molecule has 1 aromatic heterocycles. The molecule has 0 radical (unpaired) electrons. The number of urea groups is 1. The van der Waals surface area contributed by atoms with Crippen LogP contribution in [0.1, 0.15) is 16.8 Å². The van der Waals surface area contributed by atoms with E-state index < -0.39 is 6.03 Å². The van der Waals surface area contributed by atoms with Gasteiger partial charge in [0, 0.05) is 0 Å². The maximum Gasteiger partial charge on any atom is 0.350 e. The van der Waals surface area contributed by atoms with Crippen LogP contribution in [0, 0.1) is 5.41 Å². The molecule has 0 saturated carbocycles. The Morgan fingerprint density at radius 1 is 0.935 bits per heavy atom. The number of benzene rings is 2. The maximum absolute atomic E-state index is 12.5. The van der Waals surface area contributed by atoms with E-state index in [2.05, 4.69) is 9.98 Å². The Bertz CT molecular complexity index is 1150. The monoisotopic (exact) mass is 418 g/mol. The molecule has 3 N–H and O–H groups in total. The summed E-state index contributed by atoms with van der Waals surface area (Å²) in [5.41, 5.74) is 8.64. The maximum atomic E-state index is 12.5. The molecule has 0 bridgehead atoms. The van der Waals surface area contributed by atoms with Gasteiger partial charge in [0.1, 0.15) is 28.7 Å². The van der Waals surface area contributed by atoms with E-state index >= 15 is 0 Å². The fraction of sp³-hybridized carbons (Fsp3) is 0.182. The first-order valence-electron chi connectivity index (χ1n) is 9.56. The minimum Gasteiger partial charge on any atom is -0.497 e. The zero-order valence-corrected chi connectivity index (χ0v) is 17.2. The summed E-state index contributed by atoms with van der Waals surface area (Å²) in [5, 5.41) is 8.46. The van der Waals surface area contributed by atoms with Crippen molar-refractivity contribution in [2.24, 2.45) is 4.99 Å². The van der Waals surface area contributed by atoms with Crippen molar-refractivity contribution >= 4 is 23.4 Å². The number of methoxy groups -OCH3 is 2. The largest absolute Gasteiger partial charge is 0.497 e. The highest BCUT2D eigenvalue weighted by molar-refractivity contribution is 6.52. The molecule has 9 heteroatoms. The topological polar surface area (TPSA) is 119 Å². The number of nitrogens with two attached hydrogens (primary N) is 1. The summed E-state index contributed by atoms with van der Waals surface area (Å²) >= 11 is 0. The molecule has 158 valence electrons. The minimum atomic E-state index is -0.514. The highest BCUT2D eigenvalue weighted by Crippen LogP contribution is 2.22. The smallest absolute Gasteiger partial charge is 0.350 e. The number of anilines is 1. The summed E-state index contributed by atoms with van der Waals surface area (Å²) in [6, 6.07) is 14.4. The van der Waals surface area contributed by atoms with Crippen molar-refractivity contribution in [1.82, 2.24) is 14.5 Å². The quantitative estimate of drug-likeness (QED) is 0.611. The predicted molar refractivity (Wildman–Crippen MR) is 117 cm³/mol. The molecule has 2 heterocycles. The van der Waals surface area contributed by atoms with E-state index in [0.29, 0.717) is 18.1 Å². The van der Waals surface area contributed by atoms with E-state index in [0.717, 1.165) is 22.6 Å². The van der Waals surface area contributed by atoms with Crippen LogP contribution >= 0.6 is 0 Å². The van der Waals surface area contributed by atoms with Crippen LogP contribution in [0.25, 0.3) is 0 Å². The van der Waals surface area contributed by atoms with Crippen LogP contribution in [-0.2, 0) is 13.1 Å². The van der Waals surface area contributed by atoms with Gasteiger partial charge >= 0.3 is 6.03 Å². The first-order valence-corrected chi connectivity index (χ1v) is 9.56. The van der Waals surface area contributed by atoms with Gasteiger partial charge in [-0.2, -0.15) is 4.99 Å². The first kappa shape index (κ1) is 20.1. The average Bonchev–Trinajstić information content (AvgIpc) is 3.28. The zero-order chi connectivity index (χ0) is 22.0. The minimum absolute atomic E-state index is 0.0257. The molecule has 4 rings (SSSR count). The normalized spacial score (nSPS) is 13.5. The molecular weight excluding hydrogens is 396 g/mol. The summed E-state index contributed by atoms with van der Waals surface area (Å²) < 4.78 is 12.1. The van der Waals surface area contributed by atoms with E-state index in [9.17, 15) is 4.79 Å². The number of imidazole rings is 1. The van der Waals surface area contributed by atoms with Gasteiger partial charge in [0.05, 0.1) is 33.6 Å². The summed E-state index contributed by atoms with van der Waals surface area (Å²) in [6.45, 7) is 0.716. The standard InChI is InChI=1S/C22H22N6O3/c1-30-16-7-3-14(4-8-16)11-27-13-25-18(20(27)23)19-21(24)28(22(29)26-19)12-15-5-9-17(31-2)10-6-15/h3-10,13,24H,11-12,23H2,1-2H3. The molecule has 31 heavy (non-hydrogen) atoms. The molecular formula is C22H22N6O3. The lowest BCUT2D eigenvalue weighted by molar-refractivity contribution is 0.231. The van der Waals surface area contributed by atoms with Gasteiger partial charge in [-0.15, -0.1) is 0 Å².